The summed E-state index contributed by atoms with van der Waals surface area (Å²) in [6.45, 7) is 0. The highest BCUT2D eigenvalue weighted by molar-refractivity contribution is 5.89. The number of aliphatic carboxylic acids is 2. The van der Waals surface area contributed by atoms with Crippen LogP contribution in [0.4, 0.5) is 0 Å². The maximum atomic E-state index is 9.55. The van der Waals surface area contributed by atoms with Gasteiger partial charge in [-0.05, 0) is 26.9 Å². The molecular weight excluding hydrogens is 224 g/mol. The topological polar surface area (TPSA) is 104 Å². The minimum atomic E-state index is -1.26. The number of hydrogen-bond donors (Lipinski definition) is 3. The molecule has 0 spiro atoms. The van der Waals surface area contributed by atoms with Gasteiger partial charge in [-0.3, -0.25) is 0 Å². The molecule has 0 aromatic heterocycles. The summed E-state index contributed by atoms with van der Waals surface area (Å²) in [5.74, 6) is -2.51. The zero-order valence-electron chi connectivity index (χ0n) is 10.2. The molecule has 0 saturated heterocycles. The summed E-state index contributed by atoms with van der Waals surface area (Å²) in [6.07, 6.45) is 4.92. The zero-order valence-corrected chi connectivity index (χ0v) is 10.2. The molecule has 0 unspecified atom stereocenters. The third kappa shape index (κ3) is 7.48. The maximum Gasteiger partial charge on any atom is 0.328 e. The first-order valence-corrected chi connectivity index (χ1v) is 5.40. The highest BCUT2D eigenvalue weighted by Gasteiger charge is 2.24. The summed E-state index contributed by atoms with van der Waals surface area (Å²) in [5.41, 5.74) is 5.84. The van der Waals surface area contributed by atoms with E-state index >= 15 is 0 Å². The van der Waals surface area contributed by atoms with Crippen molar-refractivity contribution >= 4 is 11.9 Å². The van der Waals surface area contributed by atoms with E-state index in [1.165, 1.54) is 19.3 Å². The number of rotatable bonds is 3. The van der Waals surface area contributed by atoms with Gasteiger partial charge in [-0.2, -0.15) is 0 Å². The fraction of sp³-hybridized carbons (Fsp3) is 0.636. The second kappa shape index (κ2) is 7.81. The molecule has 0 aromatic rings. The van der Waals surface area contributed by atoms with E-state index in [2.05, 4.69) is 19.0 Å². The first-order valence-electron chi connectivity index (χ1n) is 5.40. The fourth-order valence-electron chi connectivity index (χ4n) is 1.75. The van der Waals surface area contributed by atoms with Crippen molar-refractivity contribution in [1.29, 1.82) is 0 Å². The Morgan fingerprint density at radius 3 is 1.82 bits per heavy atom. The van der Waals surface area contributed by atoms with Gasteiger partial charge in [-0.15, -0.1) is 0 Å². The Labute approximate surface area is 101 Å². The van der Waals surface area contributed by atoms with Gasteiger partial charge in [-0.25, -0.2) is 9.59 Å². The molecule has 1 saturated carbocycles. The third-order valence-electron chi connectivity index (χ3n) is 2.56. The molecule has 17 heavy (non-hydrogen) atoms. The van der Waals surface area contributed by atoms with Crippen LogP contribution in [0.25, 0.3) is 0 Å². The molecule has 0 bridgehead atoms. The largest absolute Gasteiger partial charge is 0.478 e. The van der Waals surface area contributed by atoms with Crippen LogP contribution in [0.5, 0.6) is 0 Å². The molecule has 1 rings (SSSR count). The zero-order chi connectivity index (χ0) is 13.4. The van der Waals surface area contributed by atoms with Crippen molar-refractivity contribution in [2.45, 2.75) is 31.3 Å². The van der Waals surface area contributed by atoms with Crippen molar-refractivity contribution in [2.75, 3.05) is 14.1 Å². The van der Waals surface area contributed by atoms with Crippen molar-refractivity contribution < 1.29 is 19.8 Å². The molecule has 2 atom stereocenters. The molecule has 98 valence electrons. The Hall–Kier alpha value is -1.40. The highest BCUT2D eigenvalue weighted by Crippen LogP contribution is 2.20. The number of carbonyl (C=O) groups is 2. The molecule has 1 aliphatic carbocycles. The van der Waals surface area contributed by atoms with Crippen LogP contribution < -0.4 is 5.73 Å². The summed E-state index contributed by atoms with van der Waals surface area (Å²) < 4.78 is 0. The van der Waals surface area contributed by atoms with E-state index in [4.69, 9.17) is 15.9 Å². The fourth-order valence-corrected chi connectivity index (χ4v) is 1.75. The number of carboxylic acids is 2. The van der Waals surface area contributed by atoms with Crippen LogP contribution in [0.3, 0.4) is 0 Å². The molecule has 4 N–H and O–H groups in total. The van der Waals surface area contributed by atoms with Crippen molar-refractivity contribution in [2.24, 2.45) is 5.73 Å². The van der Waals surface area contributed by atoms with Crippen LogP contribution in [-0.4, -0.2) is 53.2 Å². The van der Waals surface area contributed by atoms with Gasteiger partial charge in [0.1, 0.15) is 0 Å². The number of likely N-dealkylation sites (N-methyl/N-ethyl adjacent to an activating group) is 1. The van der Waals surface area contributed by atoms with Crippen LogP contribution in [0.2, 0.25) is 0 Å². The molecule has 0 aromatic carbocycles. The molecule has 0 radical (unpaired) electrons. The summed E-state index contributed by atoms with van der Waals surface area (Å²) >= 11 is 0. The van der Waals surface area contributed by atoms with Crippen molar-refractivity contribution in [1.82, 2.24) is 4.90 Å². The minimum absolute atomic E-state index is 0.431. The predicted octanol–water partition coefficient (Wildman–Crippen LogP) is 0.140. The smallest absolute Gasteiger partial charge is 0.328 e. The molecule has 0 heterocycles. The van der Waals surface area contributed by atoms with Crippen LogP contribution in [0.1, 0.15) is 19.3 Å². The summed E-state index contributed by atoms with van der Waals surface area (Å²) in [6, 6.07) is 1.07. The molecule has 1 fully saturated rings. The van der Waals surface area contributed by atoms with E-state index in [0.717, 1.165) is 0 Å². The lowest BCUT2D eigenvalue weighted by Gasteiger charge is -2.22. The Bertz CT molecular complexity index is 273. The lowest BCUT2D eigenvalue weighted by Crippen LogP contribution is -2.39. The van der Waals surface area contributed by atoms with Crippen molar-refractivity contribution in [3.05, 3.63) is 12.2 Å². The Morgan fingerprint density at radius 2 is 1.65 bits per heavy atom. The van der Waals surface area contributed by atoms with Crippen LogP contribution in [0.15, 0.2) is 12.2 Å². The highest BCUT2D eigenvalue weighted by atomic mass is 16.4. The average Bonchev–Trinajstić information content (AvgIpc) is 2.62. The molecular formula is C11H20N2O4. The molecule has 6 heteroatoms. The van der Waals surface area contributed by atoms with Crippen LogP contribution in [-0.2, 0) is 9.59 Å². The number of hydrogen-bond acceptors (Lipinski definition) is 4. The maximum absolute atomic E-state index is 9.55. The molecule has 0 aliphatic heterocycles. The summed E-state index contributed by atoms with van der Waals surface area (Å²) in [7, 11) is 4.21. The van der Waals surface area contributed by atoms with Crippen LogP contribution >= 0.6 is 0 Å². The number of carboxylic acid groups (broad SMARTS) is 2. The van der Waals surface area contributed by atoms with Crippen molar-refractivity contribution in [3.63, 3.8) is 0 Å². The SMILES string of the molecule is CN(C)[C@@H]1CCC[C@H]1N.O=C(O)C=CC(=O)O. The third-order valence-corrected chi connectivity index (χ3v) is 2.56. The Balaban J connectivity index is 0.000000304. The minimum Gasteiger partial charge on any atom is -0.478 e. The molecule has 0 amide bonds. The summed E-state index contributed by atoms with van der Waals surface area (Å²) in [4.78, 5) is 21.3. The van der Waals surface area contributed by atoms with Gasteiger partial charge in [0.05, 0.1) is 0 Å². The van der Waals surface area contributed by atoms with E-state index < -0.39 is 11.9 Å². The van der Waals surface area contributed by atoms with E-state index in [-0.39, 0.29) is 0 Å². The predicted molar refractivity (Wildman–Crippen MR) is 63.7 cm³/mol. The average molecular weight is 244 g/mol. The van der Waals surface area contributed by atoms with Gasteiger partial charge >= 0.3 is 11.9 Å². The van der Waals surface area contributed by atoms with Gasteiger partial charge in [0.2, 0.25) is 0 Å². The number of nitrogens with zero attached hydrogens (tertiary/aromatic N) is 1. The normalized spacial score (nSPS) is 23.5. The van der Waals surface area contributed by atoms with Gasteiger partial charge in [0.25, 0.3) is 0 Å². The molecule has 1 aliphatic rings. The quantitative estimate of drug-likeness (QED) is 0.610. The second-order valence-electron chi connectivity index (χ2n) is 4.14. The first kappa shape index (κ1) is 15.6. The lowest BCUT2D eigenvalue weighted by atomic mass is 10.2. The van der Waals surface area contributed by atoms with E-state index in [1.807, 2.05) is 0 Å². The van der Waals surface area contributed by atoms with Crippen molar-refractivity contribution in [3.8, 4) is 0 Å². The van der Waals surface area contributed by atoms with Gasteiger partial charge in [0.15, 0.2) is 0 Å². The monoisotopic (exact) mass is 244 g/mol. The standard InChI is InChI=1S/C7H16N2.C4H4O4/c1-9(2)7-5-3-4-6(7)8;5-3(6)1-2-4(7)8/h6-7H,3-5,8H2,1-2H3;1-2H,(H,5,6)(H,7,8)/t6-,7-;/m1./s1. The van der Waals surface area contributed by atoms with Gasteiger partial charge in [-0.1, -0.05) is 6.42 Å². The lowest BCUT2D eigenvalue weighted by molar-refractivity contribution is -0.134. The summed E-state index contributed by atoms with van der Waals surface area (Å²) in [5, 5.41) is 15.6. The Kier molecular flexibility index (Phi) is 7.16. The Morgan fingerprint density at radius 1 is 1.18 bits per heavy atom. The first-order chi connectivity index (χ1) is 7.84. The van der Waals surface area contributed by atoms with Crippen LogP contribution in [0, 0.1) is 0 Å². The van der Waals surface area contributed by atoms with E-state index in [1.54, 1.807) is 0 Å². The number of nitrogens with two attached hydrogens (primary N) is 1. The van der Waals surface area contributed by atoms with Gasteiger partial charge in [0, 0.05) is 24.2 Å². The van der Waals surface area contributed by atoms with Gasteiger partial charge < -0.3 is 20.8 Å². The molecule has 6 nitrogen and oxygen atoms in total. The van der Waals surface area contributed by atoms with E-state index in [9.17, 15) is 9.59 Å². The second-order valence-corrected chi connectivity index (χ2v) is 4.14. The van der Waals surface area contributed by atoms with E-state index in [0.29, 0.717) is 24.2 Å².